The summed E-state index contributed by atoms with van der Waals surface area (Å²) in [7, 11) is 0. The number of rotatable bonds is 1. The van der Waals surface area contributed by atoms with Gasteiger partial charge in [0.2, 0.25) is 0 Å². The van der Waals surface area contributed by atoms with Crippen LogP contribution in [0.3, 0.4) is 0 Å². The second-order valence-corrected chi connectivity index (χ2v) is 3.19. The van der Waals surface area contributed by atoms with Crippen molar-refractivity contribution in [3.63, 3.8) is 0 Å². The summed E-state index contributed by atoms with van der Waals surface area (Å²) in [6, 6.07) is 3.83. The van der Waals surface area contributed by atoms with E-state index in [0.717, 1.165) is 0 Å². The Morgan fingerprint density at radius 2 is 1.86 bits per heavy atom. The molecule has 2 rings (SSSR count). The molecule has 0 unspecified atom stereocenters. The molecule has 0 radical (unpaired) electrons. The molecule has 1 fully saturated rings. The maximum atomic E-state index is 10.8. The molecule has 0 spiro atoms. The van der Waals surface area contributed by atoms with Crippen molar-refractivity contribution in [1.29, 1.82) is 0 Å². The zero-order chi connectivity index (χ0) is 10.1. The molecule has 0 aliphatic carbocycles. The lowest BCUT2D eigenvalue weighted by Crippen LogP contribution is -2.21. The van der Waals surface area contributed by atoms with Crippen molar-refractivity contribution in [2.75, 3.05) is 6.54 Å². The van der Waals surface area contributed by atoms with Crippen LogP contribution in [-0.4, -0.2) is 22.8 Å². The summed E-state index contributed by atoms with van der Waals surface area (Å²) >= 11 is 0. The van der Waals surface area contributed by atoms with E-state index in [0.29, 0.717) is 12.1 Å². The molecule has 1 aliphatic heterocycles. The number of carbonyl (C=O) groups is 1. The van der Waals surface area contributed by atoms with Gasteiger partial charge >= 0.3 is 6.03 Å². The average Bonchev–Trinajstić information content (AvgIpc) is 2.50. The maximum Gasteiger partial charge on any atom is 0.315 e. The molecule has 2 amide bonds. The largest absolute Gasteiger partial charge is 0.508 e. The molecule has 1 aromatic rings. The van der Waals surface area contributed by atoms with Crippen molar-refractivity contribution in [3.05, 3.63) is 23.8 Å². The van der Waals surface area contributed by atoms with E-state index in [1.165, 1.54) is 18.2 Å². The summed E-state index contributed by atoms with van der Waals surface area (Å²) in [6.45, 7) is 0.460. The monoisotopic (exact) mass is 194 g/mol. The fourth-order valence-electron chi connectivity index (χ4n) is 1.48. The molecule has 0 saturated carbocycles. The summed E-state index contributed by atoms with van der Waals surface area (Å²) in [5.74, 6) is -0.0257. The smallest absolute Gasteiger partial charge is 0.315 e. The Kier molecular flexibility index (Phi) is 1.92. The van der Waals surface area contributed by atoms with Crippen LogP contribution in [0.1, 0.15) is 11.6 Å². The van der Waals surface area contributed by atoms with Gasteiger partial charge in [0.25, 0.3) is 0 Å². The predicted molar refractivity (Wildman–Crippen MR) is 49.0 cm³/mol. The van der Waals surface area contributed by atoms with E-state index in [2.05, 4.69) is 10.6 Å². The minimum Gasteiger partial charge on any atom is -0.508 e. The summed E-state index contributed by atoms with van der Waals surface area (Å²) in [5.41, 5.74) is 0.681. The Balaban J connectivity index is 2.27. The molecule has 1 aliphatic rings. The molecule has 1 aromatic carbocycles. The van der Waals surface area contributed by atoms with E-state index >= 15 is 0 Å². The Hall–Kier alpha value is -1.91. The third kappa shape index (κ3) is 1.56. The van der Waals surface area contributed by atoms with Crippen LogP contribution in [0.5, 0.6) is 11.5 Å². The number of nitrogens with one attached hydrogen (secondary N) is 2. The summed E-state index contributed by atoms with van der Waals surface area (Å²) < 4.78 is 0. The Labute approximate surface area is 80.4 Å². The molecular weight excluding hydrogens is 184 g/mol. The van der Waals surface area contributed by atoms with E-state index in [9.17, 15) is 15.0 Å². The van der Waals surface area contributed by atoms with Crippen LogP contribution in [-0.2, 0) is 0 Å². The van der Waals surface area contributed by atoms with E-state index < -0.39 is 0 Å². The van der Waals surface area contributed by atoms with E-state index in [4.69, 9.17) is 0 Å². The standard InChI is InChI=1S/C9H10N2O3/c12-6-1-5(2-7(13)3-6)8-4-10-9(14)11-8/h1-3,8,12-13H,4H2,(H2,10,11,14)/t8-/m0/s1. The Morgan fingerprint density at radius 3 is 2.36 bits per heavy atom. The van der Waals surface area contributed by atoms with Crippen molar-refractivity contribution >= 4 is 6.03 Å². The molecule has 0 aromatic heterocycles. The third-order valence-electron chi connectivity index (χ3n) is 2.10. The molecule has 1 saturated heterocycles. The van der Waals surface area contributed by atoms with Crippen LogP contribution < -0.4 is 10.6 Å². The van der Waals surface area contributed by atoms with Crippen LogP contribution in [0.25, 0.3) is 0 Å². The van der Waals surface area contributed by atoms with Crippen LogP contribution in [0.4, 0.5) is 4.79 Å². The molecule has 0 bridgehead atoms. The van der Waals surface area contributed by atoms with Gasteiger partial charge in [-0.15, -0.1) is 0 Å². The first-order valence-corrected chi connectivity index (χ1v) is 4.22. The quantitative estimate of drug-likeness (QED) is 0.524. The molecule has 1 atom stereocenters. The van der Waals surface area contributed by atoms with Crippen LogP contribution >= 0.6 is 0 Å². The van der Waals surface area contributed by atoms with Gasteiger partial charge in [-0.3, -0.25) is 0 Å². The van der Waals surface area contributed by atoms with Crippen LogP contribution in [0.15, 0.2) is 18.2 Å². The second kappa shape index (κ2) is 3.10. The Bertz CT molecular complexity index is 358. The van der Waals surface area contributed by atoms with Crippen molar-refractivity contribution < 1.29 is 15.0 Å². The minimum absolute atomic E-state index is 0.0128. The number of aromatic hydroxyl groups is 2. The zero-order valence-corrected chi connectivity index (χ0v) is 7.32. The number of hydrogen-bond acceptors (Lipinski definition) is 3. The van der Waals surface area contributed by atoms with Crippen molar-refractivity contribution in [1.82, 2.24) is 10.6 Å². The molecule has 74 valence electrons. The molecule has 14 heavy (non-hydrogen) atoms. The normalized spacial score (nSPS) is 20.3. The first-order chi connectivity index (χ1) is 6.65. The highest BCUT2D eigenvalue weighted by Gasteiger charge is 2.22. The van der Waals surface area contributed by atoms with Gasteiger partial charge in [0.05, 0.1) is 6.04 Å². The van der Waals surface area contributed by atoms with Gasteiger partial charge in [0.1, 0.15) is 11.5 Å². The van der Waals surface area contributed by atoms with E-state index in [1.54, 1.807) is 0 Å². The molecular formula is C9H10N2O3. The number of phenolic OH excluding ortho intramolecular Hbond substituents is 2. The van der Waals surface area contributed by atoms with Gasteiger partial charge < -0.3 is 20.8 Å². The lowest BCUT2D eigenvalue weighted by molar-refractivity contribution is 0.247. The molecule has 5 heteroatoms. The first-order valence-electron chi connectivity index (χ1n) is 4.22. The van der Waals surface area contributed by atoms with E-state index in [-0.39, 0.29) is 23.6 Å². The van der Waals surface area contributed by atoms with E-state index in [1.807, 2.05) is 0 Å². The number of amides is 2. The first kappa shape index (κ1) is 8.68. The summed E-state index contributed by atoms with van der Waals surface area (Å²) in [6.07, 6.45) is 0. The van der Waals surface area contributed by atoms with Gasteiger partial charge in [-0.1, -0.05) is 0 Å². The highest BCUT2D eigenvalue weighted by atomic mass is 16.3. The molecule has 1 heterocycles. The Morgan fingerprint density at radius 1 is 1.21 bits per heavy atom. The van der Waals surface area contributed by atoms with Crippen LogP contribution in [0.2, 0.25) is 0 Å². The number of benzene rings is 1. The van der Waals surface area contributed by atoms with Gasteiger partial charge in [0, 0.05) is 12.6 Å². The van der Waals surface area contributed by atoms with Crippen molar-refractivity contribution in [2.24, 2.45) is 0 Å². The van der Waals surface area contributed by atoms with Gasteiger partial charge in [0.15, 0.2) is 0 Å². The summed E-state index contributed by atoms with van der Waals surface area (Å²) in [4.78, 5) is 10.8. The highest BCUT2D eigenvalue weighted by molar-refractivity contribution is 5.77. The number of hydrogen-bond donors (Lipinski definition) is 4. The number of urea groups is 1. The van der Waals surface area contributed by atoms with Crippen LogP contribution in [0, 0.1) is 0 Å². The van der Waals surface area contributed by atoms with Gasteiger partial charge in [-0.25, -0.2) is 4.79 Å². The zero-order valence-electron chi connectivity index (χ0n) is 7.32. The SMILES string of the molecule is O=C1NC[C@@H](c2cc(O)cc(O)c2)N1. The second-order valence-electron chi connectivity index (χ2n) is 3.19. The maximum absolute atomic E-state index is 10.8. The lowest BCUT2D eigenvalue weighted by Gasteiger charge is -2.09. The number of phenols is 2. The van der Waals surface area contributed by atoms with Gasteiger partial charge in [-0.05, 0) is 17.7 Å². The van der Waals surface area contributed by atoms with Gasteiger partial charge in [-0.2, -0.15) is 0 Å². The van der Waals surface area contributed by atoms with Crippen molar-refractivity contribution in [2.45, 2.75) is 6.04 Å². The molecule has 5 nitrogen and oxygen atoms in total. The average molecular weight is 194 g/mol. The van der Waals surface area contributed by atoms with Crippen molar-refractivity contribution in [3.8, 4) is 11.5 Å². The third-order valence-corrected chi connectivity index (χ3v) is 2.10. The highest BCUT2D eigenvalue weighted by Crippen LogP contribution is 2.25. The fraction of sp³-hybridized carbons (Fsp3) is 0.222. The molecule has 4 N–H and O–H groups in total. The lowest BCUT2D eigenvalue weighted by atomic mass is 10.1. The fourth-order valence-corrected chi connectivity index (χ4v) is 1.48. The minimum atomic E-state index is -0.238. The summed E-state index contributed by atoms with van der Waals surface area (Å²) in [5, 5.41) is 23.7. The predicted octanol–water partition coefficient (Wildman–Crippen LogP) is 0.452. The number of carbonyl (C=O) groups excluding carboxylic acids is 1. The topological polar surface area (TPSA) is 81.6 Å².